The van der Waals surface area contributed by atoms with Crippen LogP contribution >= 0.6 is 0 Å². The van der Waals surface area contributed by atoms with Gasteiger partial charge in [0.2, 0.25) is 0 Å². The molecule has 0 fully saturated rings. The van der Waals surface area contributed by atoms with Crippen molar-refractivity contribution in [3.63, 3.8) is 0 Å². The molecule has 0 spiro atoms. The fraction of sp³-hybridized carbons (Fsp3) is 0.200. The summed E-state index contributed by atoms with van der Waals surface area (Å²) in [5, 5.41) is 0. The molecule has 1 aliphatic rings. The van der Waals surface area contributed by atoms with E-state index < -0.39 is 16.5 Å². The molecule has 18 heavy (non-hydrogen) atoms. The Morgan fingerprint density at radius 2 is 1.94 bits per heavy atom. The van der Waals surface area contributed by atoms with E-state index in [1.54, 1.807) is 24.3 Å². The summed E-state index contributed by atoms with van der Waals surface area (Å²) in [4.78, 5) is 11.5. The molecule has 0 N–H and O–H groups in total. The molecule has 1 aliphatic heterocycles. The second-order valence-corrected chi connectivity index (χ2v) is 3.88. The van der Waals surface area contributed by atoms with E-state index in [0.717, 1.165) is 0 Å². The molecular weight excluding hydrogens is 280 g/mol. The zero-order valence-corrected chi connectivity index (χ0v) is 10.7. The molecule has 0 saturated heterocycles. The van der Waals surface area contributed by atoms with E-state index in [0.29, 0.717) is 24.6 Å². The highest BCUT2D eigenvalue weighted by molar-refractivity contribution is 7.62. The zero-order valence-electron chi connectivity index (χ0n) is 9.11. The van der Waals surface area contributed by atoms with Crippen LogP contribution in [-0.4, -0.2) is 38.1 Å². The van der Waals surface area contributed by atoms with Gasteiger partial charge in [-0.05, 0) is 12.1 Å². The summed E-state index contributed by atoms with van der Waals surface area (Å²) in [6, 6.07) is 8.15. The van der Waals surface area contributed by atoms with Gasteiger partial charge in [-0.3, -0.25) is 0 Å². The zero-order chi connectivity index (χ0) is 12.3. The third-order valence-electron chi connectivity index (χ3n) is 2.20. The fourth-order valence-electron chi connectivity index (χ4n) is 1.53. The summed E-state index contributed by atoms with van der Waals surface area (Å²) in [5.41, 5.74) is 0.713. The number of urea groups is 1. The van der Waals surface area contributed by atoms with Gasteiger partial charge in [-0.15, -0.1) is 8.42 Å². The number of hydrogen-bond acceptors (Lipinski definition) is 4. The molecule has 0 radical (unpaired) electrons. The summed E-state index contributed by atoms with van der Waals surface area (Å²) in [6.07, 6.45) is 0. The standard InChI is InChI=1S/C10H9N2O4S.ClH/c13-10(11-17(14)15)12-6-7-16-9(12)8-4-2-1-3-5-8;/h1-5H,6-7H2;1H/q+1;/p-1. The van der Waals surface area contributed by atoms with Crippen molar-refractivity contribution < 1.29 is 34.9 Å². The summed E-state index contributed by atoms with van der Waals surface area (Å²) >= 11 is 0. The number of benzene rings is 1. The lowest BCUT2D eigenvalue weighted by Gasteiger charge is -1.99. The highest BCUT2D eigenvalue weighted by Crippen LogP contribution is 2.08. The molecule has 0 aromatic heterocycles. The third-order valence-corrected chi connectivity index (χ3v) is 2.51. The van der Waals surface area contributed by atoms with Crippen LogP contribution in [0.4, 0.5) is 4.79 Å². The molecule has 0 atom stereocenters. The molecule has 0 aliphatic carbocycles. The number of amides is 2. The lowest BCUT2D eigenvalue weighted by molar-refractivity contribution is -0.413. The second-order valence-electron chi connectivity index (χ2n) is 3.26. The Balaban J connectivity index is 0.00000162. The van der Waals surface area contributed by atoms with Gasteiger partial charge in [0.15, 0.2) is 0 Å². The van der Waals surface area contributed by atoms with Crippen LogP contribution in [0.5, 0.6) is 0 Å². The largest absolute Gasteiger partial charge is 1.00 e. The van der Waals surface area contributed by atoms with Gasteiger partial charge in [0.25, 0.3) is 5.90 Å². The first-order valence-electron chi connectivity index (χ1n) is 4.86. The molecule has 1 heterocycles. The topological polar surface area (TPSA) is 75.8 Å². The Bertz CT molecular complexity index is 602. The molecule has 0 unspecified atom stereocenters. The molecule has 6 nitrogen and oxygen atoms in total. The monoisotopic (exact) mass is 288 g/mol. The number of carbonyl (C=O) groups excluding carboxylic acids is 1. The van der Waals surface area contributed by atoms with Crippen molar-refractivity contribution in [2.24, 2.45) is 4.36 Å². The minimum atomic E-state index is -2.75. The van der Waals surface area contributed by atoms with Crippen LogP contribution < -0.4 is 12.4 Å². The van der Waals surface area contributed by atoms with Gasteiger partial charge in [0, 0.05) is 0 Å². The molecule has 0 saturated carbocycles. The average Bonchev–Trinajstić information content (AvgIpc) is 2.78. The summed E-state index contributed by atoms with van der Waals surface area (Å²) in [7, 11) is -2.75. The molecule has 8 heteroatoms. The number of hydrogen-bond donors (Lipinski definition) is 0. The Morgan fingerprint density at radius 1 is 1.28 bits per heavy atom. The minimum absolute atomic E-state index is 0. The number of nitrogens with zero attached hydrogens (tertiary/aromatic N) is 2. The van der Waals surface area contributed by atoms with Crippen LogP contribution in [-0.2, 0) is 15.2 Å². The quantitative estimate of drug-likeness (QED) is 0.543. The van der Waals surface area contributed by atoms with Crippen molar-refractivity contribution >= 4 is 22.4 Å². The van der Waals surface area contributed by atoms with E-state index in [4.69, 9.17) is 4.74 Å². The van der Waals surface area contributed by atoms with Crippen LogP contribution in [0.3, 0.4) is 0 Å². The van der Waals surface area contributed by atoms with E-state index in [2.05, 4.69) is 4.36 Å². The van der Waals surface area contributed by atoms with E-state index in [1.807, 2.05) is 6.07 Å². The minimum Gasteiger partial charge on any atom is -1.00 e. The van der Waals surface area contributed by atoms with E-state index in [-0.39, 0.29) is 12.4 Å². The highest BCUT2D eigenvalue weighted by Gasteiger charge is 2.30. The molecule has 2 amide bonds. The molecule has 0 bridgehead atoms. The predicted molar refractivity (Wildman–Crippen MR) is 58.4 cm³/mol. The van der Waals surface area contributed by atoms with Crippen molar-refractivity contribution in [2.45, 2.75) is 0 Å². The van der Waals surface area contributed by atoms with Crippen LogP contribution in [0, 0.1) is 0 Å². The van der Waals surface area contributed by atoms with E-state index in [9.17, 15) is 13.2 Å². The lowest BCUT2D eigenvalue weighted by atomic mass is 10.2. The van der Waals surface area contributed by atoms with Crippen molar-refractivity contribution in [2.75, 3.05) is 13.2 Å². The van der Waals surface area contributed by atoms with Gasteiger partial charge in [-0.1, -0.05) is 18.2 Å². The fourth-order valence-corrected chi connectivity index (χ4v) is 1.75. The van der Waals surface area contributed by atoms with Gasteiger partial charge in [0.1, 0.15) is 17.5 Å². The Labute approximate surface area is 111 Å². The number of carbonyl (C=O) groups is 1. The van der Waals surface area contributed by atoms with Crippen LogP contribution in [0.2, 0.25) is 0 Å². The van der Waals surface area contributed by atoms with Crippen molar-refractivity contribution in [1.82, 2.24) is 0 Å². The van der Waals surface area contributed by atoms with Crippen molar-refractivity contribution in [3.05, 3.63) is 35.9 Å². The van der Waals surface area contributed by atoms with Gasteiger partial charge in [-0.25, -0.2) is 0 Å². The van der Waals surface area contributed by atoms with Gasteiger partial charge in [0.05, 0.1) is 5.56 Å². The number of ether oxygens (including phenoxy) is 1. The van der Waals surface area contributed by atoms with Gasteiger partial charge < -0.3 is 17.1 Å². The summed E-state index contributed by atoms with van der Waals surface area (Å²) in [5.74, 6) is 0.338. The smallest absolute Gasteiger partial charge is 0.560 e. The first-order chi connectivity index (χ1) is 8.18. The maximum Gasteiger partial charge on any atom is 0.560 e. The Morgan fingerprint density at radius 3 is 2.56 bits per heavy atom. The predicted octanol–water partition coefficient (Wildman–Crippen LogP) is -2.34. The van der Waals surface area contributed by atoms with E-state index in [1.165, 1.54) is 4.58 Å². The summed E-state index contributed by atoms with van der Waals surface area (Å²) in [6.45, 7) is 0.626. The second kappa shape index (κ2) is 6.27. The molecule has 1 aromatic carbocycles. The van der Waals surface area contributed by atoms with Crippen LogP contribution in [0.1, 0.15) is 5.56 Å². The van der Waals surface area contributed by atoms with Crippen LogP contribution in [0.15, 0.2) is 34.7 Å². The summed E-state index contributed by atoms with van der Waals surface area (Å²) < 4.78 is 30.1. The molecule has 2 rings (SSSR count). The SMILES string of the molecule is O=C(N=S(=O)=O)[N+]1=C(c2ccccc2)OCC1.[Cl-]. The van der Waals surface area contributed by atoms with Gasteiger partial charge >= 0.3 is 16.5 Å². The maximum atomic E-state index is 11.5. The Kier molecular flexibility index (Phi) is 4.99. The lowest BCUT2D eigenvalue weighted by Crippen LogP contribution is -3.00. The molecule has 96 valence electrons. The Hall–Kier alpha value is -1.73. The first-order valence-corrected chi connectivity index (χ1v) is 5.89. The van der Waals surface area contributed by atoms with Crippen molar-refractivity contribution in [1.29, 1.82) is 0 Å². The normalized spacial score (nSPS) is 13.6. The maximum absolute atomic E-state index is 11.5. The van der Waals surface area contributed by atoms with E-state index >= 15 is 0 Å². The first kappa shape index (κ1) is 14.3. The highest BCUT2D eigenvalue weighted by atomic mass is 35.5. The molecular formula is C10H9ClN2O4S. The van der Waals surface area contributed by atoms with Crippen molar-refractivity contribution in [3.8, 4) is 0 Å². The number of halogens is 1. The van der Waals surface area contributed by atoms with Crippen LogP contribution in [0.25, 0.3) is 0 Å². The average molecular weight is 289 g/mol. The number of rotatable bonds is 1. The van der Waals surface area contributed by atoms with Gasteiger partial charge in [-0.2, -0.15) is 9.37 Å². The third kappa shape index (κ3) is 3.14. The molecule has 1 aromatic rings.